The molecule has 100 valence electrons. The molecular weight excluding hydrogens is 255 g/mol. The largest absolute Gasteiger partial charge is 0.573 e. The molecular formula is C10H10F3NO4. The molecule has 1 atom stereocenters. The second-order valence-electron chi connectivity index (χ2n) is 3.61. The van der Waals surface area contributed by atoms with Gasteiger partial charge in [0.2, 0.25) is 0 Å². The van der Waals surface area contributed by atoms with Crippen molar-refractivity contribution in [1.29, 1.82) is 0 Å². The zero-order chi connectivity index (χ0) is 13.9. The van der Waals surface area contributed by atoms with Gasteiger partial charge in [0.25, 0.3) is 5.69 Å². The monoisotopic (exact) mass is 265 g/mol. The van der Waals surface area contributed by atoms with Gasteiger partial charge in [-0.3, -0.25) is 10.1 Å². The van der Waals surface area contributed by atoms with Crippen molar-refractivity contribution in [3.8, 4) is 5.75 Å². The number of halogens is 3. The molecule has 0 heterocycles. The first kappa shape index (κ1) is 14.2. The van der Waals surface area contributed by atoms with Gasteiger partial charge in [-0.05, 0) is 12.1 Å². The summed E-state index contributed by atoms with van der Waals surface area (Å²) in [5, 5.41) is 19.6. The van der Waals surface area contributed by atoms with Gasteiger partial charge in [-0.2, -0.15) is 0 Å². The highest BCUT2D eigenvalue weighted by Crippen LogP contribution is 2.32. The van der Waals surface area contributed by atoms with E-state index in [-0.39, 0.29) is 11.3 Å². The van der Waals surface area contributed by atoms with Crippen LogP contribution in [0.25, 0.3) is 0 Å². The molecule has 1 aromatic carbocycles. The number of ether oxygens (including phenoxy) is 1. The lowest BCUT2D eigenvalue weighted by Gasteiger charge is -2.13. The summed E-state index contributed by atoms with van der Waals surface area (Å²) in [7, 11) is 0. The number of rotatable bonds is 4. The zero-order valence-corrected chi connectivity index (χ0v) is 9.27. The Labute approximate surface area is 99.9 Å². The van der Waals surface area contributed by atoms with Gasteiger partial charge in [0.1, 0.15) is 5.75 Å². The number of alkyl halides is 3. The molecule has 0 bridgehead atoms. The van der Waals surface area contributed by atoms with E-state index in [0.29, 0.717) is 0 Å². The second kappa shape index (κ2) is 5.21. The van der Waals surface area contributed by atoms with Crippen molar-refractivity contribution < 1.29 is 27.9 Å². The number of hydrogen-bond acceptors (Lipinski definition) is 4. The summed E-state index contributed by atoms with van der Waals surface area (Å²) < 4.78 is 39.7. The van der Waals surface area contributed by atoms with Gasteiger partial charge in [-0.15, -0.1) is 13.2 Å². The van der Waals surface area contributed by atoms with Crippen molar-refractivity contribution >= 4 is 5.69 Å². The van der Waals surface area contributed by atoms with Crippen LogP contribution < -0.4 is 4.74 Å². The number of nitro benzene ring substituents is 1. The third-order valence-corrected chi connectivity index (χ3v) is 2.23. The van der Waals surface area contributed by atoms with Crippen molar-refractivity contribution in [2.75, 3.05) is 6.61 Å². The minimum atomic E-state index is -4.87. The summed E-state index contributed by atoms with van der Waals surface area (Å²) in [6, 6.07) is 2.69. The predicted molar refractivity (Wildman–Crippen MR) is 55.3 cm³/mol. The maximum Gasteiger partial charge on any atom is 0.573 e. The number of hydrogen-bond donors (Lipinski definition) is 1. The Balaban J connectivity index is 3.17. The molecule has 0 amide bonds. The molecule has 0 spiro atoms. The van der Waals surface area contributed by atoms with Crippen molar-refractivity contribution in [2.45, 2.75) is 19.2 Å². The molecule has 0 radical (unpaired) electrons. The van der Waals surface area contributed by atoms with E-state index in [9.17, 15) is 23.3 Å². The molecule has 0 aromatic heterocycles. The first-order valence-corrected chi connectivity index (χ1v) is 4.89. The van der Waals surface area contributed by atoms with E-state index in [2.05, 4.69) is 4.74 Å². The minimum Gasteiger partial charge on any atom is -0.406 e. The van der Waals surface area contributed by atoms with Gasteiger partial charge >= 0.3 is 6.36 Å². The number of aliphatic hydroxyl groups is 1. The molecule has 8 heteroatoms. The van der Waals surface area contributed by atoms with E-state index in [1.54, 1.807) is 0 Å². The average molecular weight is 265 g/mol. The van der Waals surface area contributed by atoms with E-state index in [4.69, 9.17) is 5.11 Å². The van der Waals surface area contributed by atoms with Gasteiger partial charge in [-0.1, -0.05) is 6.92 Å². The summed E-state index contributed by atoms with van der Waals surface area (Å²) in [6.07, 6.45) is -4.87. The maximum atomic E-state index is 12.0. The van der Waals surface area contributed by atoms with Crippen LogP contribution in [0, 0.1) is 10.1 Å². The van der Waals surface area contributed by atoms with Crippen LogP contribution in [0.15, 0.2) is 18.2 Å². The molecule has 5 nitrogen and oxygen atoms in total. The number of aliphatic hydroxyl groups excluding tert-OH is 1. The molecule has 0 aliphatic rings. The van der Waals surface area contributed by atoms with E-state index in [0.717, 1.165) is 18.2 Å². The predicted octanol–water partition coefficient (Wildman–Crippen LogP) is 2.59. The van der Waals surface area contributed by atoms with Crippen molar-refractivity contribution in [3.63, 3.8) is 0 Å². The van der Waals surface area contributed by atoms with Crippen LogP contribution >= 0.6 is 0 Å². The first-order valence-electron chi connectivity index (χ1n) is 4.89. The van der Waals surface area contributed by atoms with E-state index in [1.165, 1.54) is 6.92 Å². The Bertz CT molecular complexity index is 447. The standard InChI is InChI=1S/C10H10F3NO4/c1-6(5-15)8-4-7(18-10(11,12)13)2-3-9(8)14(16)17/h2-4,6,15H,5H2,1H3. The summed E-state index contributed by atoms with van der Waals surface area (Å²) in [4.78, 5) is 9.98. The molecule has 1 aromatic rings. The third-order valence-electron chi connectivity index (χ3n) is 2.23. The SMILES string of the molecule is CC(CO)c1cc(OC(F)(F)F)ccc1[N+](=O)[O-]. The quantitative estimate of drug-likeness (QED) is 0.670. The molecule has 0 saturated carbocycles. The Morgan fingerprint density at radius 3 is 2.56 bits per heavy atom. The summed E-state index contributed by atoms with van der Waals surface area (Å²) in [6.45, 7) is 1.04. The molecule has 1 N–H and O–H groups in total. The normalized spacial score (nSPS) is 13.2. The van der Waals surface area contributed by atoms with Gasteiger partial charge < -0.3 is 9.84 Å². The first-order chi connectivity index (χ1) is 8.24. The van der Waals surface area contributed by atoms with Crippen LogP contribution in [0.1, 0.15) is 18.4 Å². The molecule has 0 fully saturated rings. The summed E-state index contributed by atoms with van der Waals surface area (Å²) in [5.41, 5.74) is -0.365. The fourth-order valence-corrected chi connectivity index (χ4v) is 1.39. The van der Waals surface area contributed by atoms with Crippen molar-refractivity contribution in [1.82, 2.24) is 0 Å². The maximum absolute atomic E-state index is 12.0. The van der Waals surface area contributed by atoms with E-state index >= 15 is 0 Å². The molecule has 1 unspecified atom stereocenters. The van der Waals surface area contributed by atoms with Gasteiger partial charge in [-0.25, -0.2) is 0 Å². The zero-order valence-electron chi connectivity index (χ0n) is 9.27. The van der Waals surface area contributed by atoms with Gasteiger partial charge in [0, 0.05) is 24.2 Å². The fraction of sp³-hybridized carbons (Fsp3) is 0.400. The van der Waals surface area contributed by atoms with Crippen molar-refractivity contribution in [3.05, 3.63) is 33.9 Å². The molecule has 0 aliphatic heterocycles. The third kappa shape index (κ3) is 3.59. The highest BCUT2D eigenvalue weighted by molar-refractivity contribution is 5.47. The van der Waals surface area contributed by atoms with Crippen LogP contribution in [0.4, 0.5) is 18.9 Å². The van der Waals surface area contributed by atoms with E-state index < -0.39 is 29.6 Å². The fourth-order valence-electron chi connectivity index (χ4n) is 1.39. The van der Waals surface area contributed by atoms with Crippen molar-refractivity contribution in [2.24, 2.45) is 0 Å². The molecule has 18 heavy (non-hydrogen) atoms. The lowest BCUT2D eigenvalue weighted by molar-refractivity contribution is -0.385. The summed E-state index contributed by atoms with van der Waals surface area (Å²) >= 11 is 0. The molecule has 0 aliphatic carbocycles. The Morgan fingerprint density at radius 1 is 1.50 bits per heavy atom. The highest BCUT2D eigenvalue weighted by atomic mass is 19.4. The topological polar surface area (TPSA) is 72.6 Å². The Kier molecular flexibility index (Phi) is 4.12. The second-order valence-corrected chi connectivity index (χ2v) is 3.61. The highest BCUT2D eigenvalue weighted by Gasteiger charge is 2.32. The van der Waals surface area contributed by atoms with Crippen LogP contribution in [-0.2, 0) is 0 Å². The number of benzene rings is 1. The molecule has 1 rings (SSSR count). The lowest BCUT2D eigenvalue weighted by Crippen LogP contribution is -2.17. The van der Waals surface area contributed by atoms with Gasteiger partial charge in [0.05, 0.1) is 4.92 Å². The smallest absolute Gasteiger partial charge is 0.406 e. The number of nitro groups is 1. The van der Waals surface area contributed by atoms with Crippen LogP contribution in [0.2, 0.25) is 0 Å². The van der Waals surface area contributed by atoms with Crippen LogP contribution in [0.5, 0.6) is 5.75 Å². The average Bonchev–Trinajstić information content (AvgIpc) is 2.25. The Hall–Kier alpha value is -1.83. The van der Waals surface area contributed by atoms with Crippen LogP contribution in [0.3, 0.4) is 0 Å². The van der Waals surface area contributed by atoms with E-state index in [1.807, 2.05) is 0 Å². The lowest BCUT2D eigenvalue weighted by atomic mass is 10.00. The Morgan fingerprint density at radius 2 is 2.11 bits per heavy atom. The van der Waals surface area contributed by atoms with Gasteiger partial charge in [0.15, 0.2) is 0 Å². The minimum absolute atomic E-state index is 0.00995. The summed E-state index contributed by atoms with van der Waals surface area (Å²) in [5.74, 6) is -1.22. The van der Waals surface area contributed by atoms with Crippen LogP contribution in [-0.4, -0.2) is 23.0 Å². The molecule has 0 saturated heterocycles. The number of nitrogens with zero attached hydrogens (tertiary/aromatic N) is 1.